The van der Waals surface area contributed by atoms with Gasteiger partial charge < -0.3 is 19.2 Å². The number of carbonyl (C=O) groups excluding carboxylic acids is 1. The molecule has 0 spiro atoms. The summed E-state index contributed by atoms with van der Waals surface area (Å²) in [6, 6.07) is 14.3. The molecule has 4 aromatic rings. The van der Waals surface area contributed by atoms with Crippen LogP contribution < -0.4 is 10.2 Å². The molecule has 0 saturated heterocycles. The van der Waals surface area contributed by atoms with Gasteiger partial charge in [-0.3, -0.25) is 9.59 Å². The van der Waals surface area contributed by atoms with E-state index in [-0.39, 0.29) is 35.1 Å². The van der Waals surface area contributed by atoms with Crippen molar-refractivity contribution in [1.29, 1.82) is 0 Å². The highest BCUT2D eigenvalue weighted by molar-refractivity contribution is 9.10. The highest BCUT2D eigenvalue weighted by Crippen LogP contribution is 2.44. The summed E-state index contributed by atoms with van der Waals surface area (Å²) in [5.74, 6) is -0.120. The first-order valence-corrected chi connectivity index (χ1v) is 12.0. The zero-order chi connectivity index (χ0) is 25.0. The summed E-state index contributed by atoms with van der Waals surface area (Å²) in [5.41, 5.74) is 4.88. The van der Waals surface area contributed by atoms with Gasteiger partial charge in [-0.1, -0.05) is 35.9 Å². The SMILES string of the molecule is COc1cc(C2c3c(oc4cc(C)cc(C)c4c3=O)C(=O)N2Cc2ccc(C)cc2)cc(Br)c1O. The zero-order valence-corrected chi connectivity index (χ0v) is 21.4. The van der Waals surface area contributed by atoms with E-state index in [0.29, 0.717) is 26.6 Å². The number of hydrogen-bond donors (Lipinski definition) is 1. The van der Waals surface area contributed by atoms with E-state index in [4.69, 9.17) is 9.15 Å². The second-order valence-electron chi connectivity index (χ2n) is 9.00. The average molecular weight is 534 g/mol. The van der Waals surface area contributed by atoms with E-state index >= 15 is 0 Å². The van der Waals surface area contributed by atoms with Gasteiger partial charge in [-0.25, -0.2) is 0 Å². The Hall–Kier alpha value is -3.58. The molecule has 1 aliphatic rings. The first-order chi connectivity index (χ1) is 16.7. The van der Waals surface area contributed by atoms with Gasteiger partial charge >= 0.3 is 0 Å². The van der Waals surface area contributed by atoms with Gasteiger partial charge in [-0.05, 0) is 77.2 Å². The zero-order valence-electron chi connectivity index (χ0n) is 19.8. The molecular formula is C28H24BrNO5. The third-order valence-electron chi connectivity index (χ3n) is 6.47. The first kappa shape index (κ1) is 23.2. The molecule has 1 aromatic heterocycles. The molecule has 1 amide bonds. The number of methoxy groups -OCH3 is 1. The molecule has 3 aromatic carbocycles. The number of phenolic OH excluding ortho intramolecular Hbond substituents is 1. The molecule has 178 valence electrons. The predicted molar refractivity (Wildman–Crippen MR) is 137 cm³/mol. The summed E-state index contributed by atoms with van der Waals surface area (Å²) in [6.07, 6.45) is 0. The standard InChI is InChI=1S/C28H24BrNO5/c1-14-5-7-17(8-6-14)13-30-24(18-11-19(29)25(31)21(12-18)34-4)23-26(32)22-16(3)9-15(2)10-20(22)35-27(23)28(30)33/h5-12,24,31H,13H2,1-4H3. The monoisotopic (exact) mass is 533 g/mol. The first-order valence-electron chi connectivity index (χ1n) is 11.2. The van der Waals surface area contributed by atoms with Gasteiger partial charge in [0, 0.05) is 6.54 Å². The fraction of sp³-hybridized carbons (Fsp3) is 0.214. The fourth-order valence-electron chi connectivity index (χ4n) is 4.82. The smallest absolute Gasteiger partial charge is 0.291 e. The highest BCUT2D eigenvalue weighted by atomic mass is 79.9. The number of amides is 1. The van der Waals surface area contributed by atoms with Crippen LogP contribution in [0.1, 0.15) is 50.0 Å². The number of fused-ring (bicyclic) bond motifs is 2. The third kappa shape index (κ3) is 3.80. The normalized spacial score (nSPS) is 15.1. The van der Waals surface area contributed by atoms with Crippen molar-refractivity contribution in [3.8, 4) is 11.5 Å². The minimum Gasteiger partial charge on any atom is -0.503 e. The quantitative estimate of drug-likeness (QED) is 0.351. The Kier molecular flexibility index (Phi) is 5.68. The molecule has 0 aliphatic carbocycles. The van der Waals surface area contributed by atoms with Crippen LogP contribution in [0.5, 0.6) is 11.5 Å². The number of halogens is 1. The van der Waals surface area contributed by atoms with Crippen LogP contribution >= 0.6 is 15.9 Å². The highest BCUT2D eigenvalue weighted by Gasteiger charge is 2.43. The van der Waals surface area contributed by atoms with Crippen molar-refractivity contribution >= 4 is 32.8 Å². The summed E-state index contributed by atoms with van der Waals surface area (Å²) in [4.78, 5) is 29.3. The summed E-state index contributed by atoms with van der Waals surface area (Å²) in [5, 5.41) is 10.8. The third-order valence-corrected chi connectivity index (χ3v) is 7.08. The van der Waals surface area contributed by atoms with Crippen LogP contribution in [0, 0.1) is 20.8 Å². The maximum Gasteiger partial charge on any atom is 0.291 e. The average Bonchev–Trinajstić information content (AvgIpc) is 3.08. The van der Waals surface area contributed by atoms with Crippen LogP contribution in [0.25, 0.3) is 11.0 Å². The molecule has 1 aliphatic heterocycles. The van der Waals surface area contributed by atoms with Crippen molar-refractivity contribution in [3.63, 3.8) is 0 Å². The molecule has 0 saturated carbocycles. The largest absolute Gasteiger partial charge is 0.503 e. The van der Waals surface area contributed by atoms with Crippen LogP contribution in [-0.4, -0.2) is 23.0 Å². The second-order valence-corrected chi connectivity index (χ2v) is 9.86. The Bertz CT molecular complexity index is 1560. The van der Waals surface area contributed by atoms with E-state index in [1.807, 2.05) is 51.1 Å². The van der Waals surface area contributed by atoms with Gasteiger partial charge in [-0.15, -0.1) is 0 Å². The van der Waals surface area contributed by atoms with E-state index in [1.54, 1.807) is 23.1 Å². The molecule has 1 unspecified atom stereocenters. The topological polar surface area (TPSA) is 80.0 Å². The van der Waals surface area contributed by atoms with E-state index in [2.05, 4.69) is 15.9 Å². The molecule has 7 heteroatoms. The Morgan fingerprint density at radius 3 is 2.43 bits per heavy atom. The number of benzene rings is 3. The summed E-state index contributed by atoms with van der Waals surface area (Å²) in [7, 11) is 1.46. The van der Waals surface area contributed by atoms with Gasteiger partial charge in [0.15, 0.2) is 16.9 Å². The molecule has 35 heavy (non-hydrogen) atoms. The fourth-order valence-corrected chi connectivity index (χ4v) is 5.28. The predicted octanol–water partition coefficient (Wildman–Crippen LogP) is 5.94. The van der Waals surface area contributed by atoms with Crippen molar-refractivity contribution < 1.29 is 19.1 Å². The van der Waals surface area contributed by atoms with Crippen molar-refractivity contribution in [3.05, 3.63) is 102 Å². The van der Waals surface area contributed by atoms with E-state index in [9.17, 15) is 14.7 Å². The number of aryl methyl sites for hydroxylation is 3. The summed E-state index contributed by atoms with van der Waals surface area (Å²) in [6.45, 7) is 6.08. The van der Waals surface area contributed by atoms with Crippen LogP contribution in [0.2, 0.25) is 0 Å². The second kappa shape index (κ2) is 8.57. The van der Waals surface area contributed by atoms with Gasteiger partial charge in [0.25, 0.3) is 5.91 Å². The lowest BCUT2D eigenvalue weighted by Crippen LogP contribution is -2.29. The van der Waals surface area contributed by atoms with E-state index in [1.165, 1.54) is 7.11 Å². The lowest BCUT2D eigenvalue weighted by molar-refractivity contribution is 0.0714. The molecule has 6 nitrogen and oxygen atoms in total. The van der Waals surface area contributed by atoms with Gasteiger partial charge in [0.05, 0.1) is 28.6 Å². The van der Waals surface area contributed by atoms with Crippen LogP contribution in [0.4, 0.5) is 0 Å². The number of phenols is 1. The number of carbonyl (C=O) groups is 1. The van der Waals surface area contributed by atoms with Crippen LogP contribution in [0.15, 0.2) is 62.2 Å². The van der Waals surface area contributed by atoms with Gasteiger partial charge in [0.1, 0.15) is 5.58 Å². The Labute approximate surface area is 210 Å². The number of hydrogen-bond acceptors (Lipinski definition) is 5. The van der Waals surface area contributed by atoms with Gasteiger partial charge in [0.2, 0.25) is 5.76 Å². The lowest BCUT2D eigenvalue weighted by Gasteiger charge is -2.26. The minimum atomic E-state index is -0.717. The van der Waals surface area contributed by atoms with E-state index in [0.717, 1.165) is 22.3 Å². The molecule has 2 heterocycles. The Morgan fingerprint density at radius 2 is 1.74 bits per heavy atom. The molecule has 0 radical (unpaired) electrons. The van der Waals surface area contributed by atoms with E-state index < -0.39 is 6.04 Å². The molecule has 5 rings (SSSR count). The molecule has 0 fully saturated rings. The number of ether oxygens (including phenoxy) is 1. The van der Waals surface area contributed by atoms with Crippen molar-refractivity contribution in [2.24, 2.45) is 0 Å². The van der Waals surface area contributed by atoms with Crippen LogP contribution in [0.3, 0.4) is 0 Å². The summed E-state index contributed by atoms with van der Waals surface area (Å²) < 4.78 is 11.9. The molecular weight excluding hydrogens is 510 g/mol. The van der Waals surface area contributed by atoms with Crippen molar-refractivity contribution in [1.82, 2.24) is 4.90 Å². The van der Waals surface area contributed by atoms with Gasteiger partial charge in [-0.2, -0.15) is 0 Å². The lowest BCUT2D eigenvalue weighted by atomic mass is 9.96. The Balaban J connectivity index is 1.78. The molecule has 1 N–H and O–H groups in total. The maximum absolute atomic E-state index is 13.9. The minimum absolute atomic E-state index is 0.0489. The summed E-state index contributed by atoms with van der Waals surface area (Å²) >= 11 is 3.38. The number of nitrogens with zero attached hydrogens (tertiary/aromatic N) is 1. The molecule has 0 bridgehead atoms. The number of rotatable bonds is 4. The van der Waals surface area contributed by atoms with Crippen molar-refractivity contribution in [2.75, 3.05) is 7.11 Å². The molecule has 1 atom stereocenters. The number of aromatic hydroxyl groups is 1. The van der Waals surface area contributed by atoms with Crippen LogP contribution in [-0.2, 0) is 6.54 Å². The maximum atomic E-state index is 13.9. The van der Waals surface area contributed by atoms with Crippen molar-refractivity contribution in [2.45, 2.75) is 33.4 Å². The Morgan fingerprint density at radius 1 is 1.03 bits per heavy atom.